The normalized spacial score (nSPS) is 14.3. The summed E-state index contributed by atoms with van der Waals surface area (Å²) in [6.45, 7) is 5.06. The molecule has 9 heteroatoms. The highest BCUT2D eigenvalue weighted by Crippen LogP contribution is 2.30. The maximum absolute atomic E-state index is 13.4. The second-order valence-electron chi connectivity index (χ2n) is 8.62. The van der Waals surface area contributed by atoms with Gasteiger partial charge in [0.15, 0.2) is 0 Å². The summed E-state index contributed by atoms with van der Waals surface area (Å²) in [7, 11) is 1.65. The minimum absolute atomic E-state index is 0.0971. The van der Waals surface area contributed by atoms with E-state index in [9.17, 15) is 9.50 Å². The molecule has 0 spiro atoms. The van der Waals surface area contributed by atoms with Crippen molar-refractivity contribution in [3.8, 4) is 5.75 Å². The Morgan fingerprint density at radius 2 is 1.89 bits per heavy atom. The third-order valence-electron chi connectivity index (χ3n) is 6.04. The van der Waals surface area contributed by atoms with Gasteiger partial charge in [-0.05, 0) is 55.3 Å². The molecule has 4 rings (SSSR count). The Morgan fingerprint density at radius 1 is 1.06 bits per heavy atom. The van der Waals surface area contributed by atoms with Crippen LogP contribution in [0, 0.1) is 5.82 Å². The zero-order valence-electron chi connectivity index (χ0n) is 19.9. The van der Waals surface area contributed by atoms with Crippen LogP contribution in [-0.4, -0.2) is 66.4 Å². The standard InChI is InChI=1S/C26H31ClFN5O2/c1-35-15-9-24-30-25(29-22-17-20(27)7-8-23(22)34)18-26(31-24)33-13-11-32(12-14-33)10-3-5-19-4-2-6-21(28)16-19/h2,4,6-8,16-18,34H,3,5,9-15H2,1H3,(H,29,30,31). The van der Waals surface area contributed by atoms with Crippen molar-refractivity contribution in [3.05, 3.63) is 70.8 Å². The van der Waals surface area contributed by atoms with Crippen molar-refractivity contribution in [3.63, 3.8) is 0 Å². The van der Waals surface area contributed by atoms with E-state index >= 15 is 0 Å². The Bertz CT molecular complexity index is 1120. The lowest BCUT2D eigenvalue weighted by Gasteiger charge is -2.35. The number of hydrogen-bond acceptors (Lipinski definition) is 7. The predicted octanol–water partition coefficient (Wildman–Crippen LogP) is 4.66. The molecule has 2 aromatic carbocycles. The molecule has 7 nitrogen and oxygen atoms in total. The van der Waals surface area contributed by atoms with Gasteiger partial charge in [0.05, 0.1) is 12.3 Å². The number of hydrogen-bond donors (Lipinski definition) is 2. The number of phenols is 1. The molecule has 2 heterocycles. The number of aromatic hydroxyl groups is 1. The average molecular weight is 500 g/mol. The highest BCUT2D eigenvalue weighted by atomic mass is 35.5. The topological polar surface area (TPSA) is 73.8 Å². The number of rotatable bonds is 10. The van der Waals surface area contributed by atoms with Crippen LogP contribution in [-0.2, 0) is 17.6 Å². The second-order valence-corrected chi connectivity index (χ2v) is 9.06. The number of aryl methyl sites for hydroxylation is 1. The Labute approximate surface area is 210 Å². The molecular formula is C26H31ClFN5O2. The highest BCUT2D eigenvalue weighted by Gasteiger charge is 2.19. The number of nitrogens with zero attached hydrogens (tertiary/aromatic N) is 4. The van der Waals surface area contributed by atoms with Crippen molar-refractivity contribution in [2.24, 2.45) is 0 Å². The zero-order valence-corrected chi connectivity index (χ0v) is 20.6. The molecule has 1 aliphatic rings. The van der Waals surface area contributed by atoms with Gasteiger partial charge >= 0.3 is 0 Å². The largest absolute Gasteiger partial charge is 0.506 e. The van der Waals surface area contributed by atoms with Crippen LogP contribution in [0.15, 0.2) is 48.5 Å². The van der Waals surface area contributed by atoms with Gasteiger partial charge in [0, 0.05) is 50.8 Å². The predicted molar refractivity (Wildman–Crippen MR) is 137 cm³/mol. The van der Waals surface area contributed by atoms with Gasteiger partial charge in [-0.25, -0.2) is 14.4 Å². The number of ether oxygens (including phenoxy) is 1. The van der Waals surface area contributed by atoms with E-state index in [0.717, 1.165) is 56.9 Å². The first-order valence-electron chi connectivity index (χ1n) is 11.8. The van der Waals surface area contributed by atoms with Crippen LogP contribution in [0.3, 0.4) is 0 Å². The number of piperazine rings is 1. The number of halogens is 2. The average Bonchev–Trinajstić information content (AvgIpc) is 2.85. The smallest absolute Gasteiger partial charge is 0.139 e. The van der Waals surface area contributed by atoms with E-state index in [1.807, 2.05) is 12.1 Å². The first kappa shape index (κ1) is 25.2. The van der Waals surface area contributed by atoms with E-state index in [0.29, 0.717) is 35.4 Å². The molecule has 0 radical (unpaired) electrons. The summed E-state index contributed by atoms with van der Waals surface area (Å²) >= 11 is 6.10. The lowest BCUT2D eigenvalue weighted by Crippen LogP contribution is -2.47. The third-order valence-corrected chi connectivity index (χ3v) is 6.27. The number of anilines is 3. The lowest BCUT2D eigenvalue weighted by atomic mass is 10.1. The summed E-state index contributed by atoms with van der Waals surface area (Å²) < 4.78 is 18.6. The van der Waals surface area contributed by atoms with Gasteiger partial charge in [-0.2, -0.15) is 0 Å². The van der Waals surface area contributed by atoms with Gasteiger partial charge in [-0.15, -0.1) is 0 Å². The molecule has 1 aliphatic heterocycles. The van der Waals surface area contributed by atoms with E-state index in [1.54, 1.807) is 37.4 Å². The van der Waals surface area contributed by atoms with Gasteiger partial charge in [0.1, 0.15) is 29.0 Å². The van der Waals surface area contributed by atoms with Crippen LogP contribution < -0.4 is 10.2 Å². The van der Waals surface area contributed by atoms with Gasteiger partial charge in [-0.3, -0.25) is 4.90 Å². The van der Waals surface area contributed by atoms with Crippen molar-refractivity contribution in [1.29, 1.82) is 0 Å². The first-order valence-corrected chi connectivity index (χ1v) is 12.2. The zero-order chi connectivity index (χ0) is 24.6. The minimum atomic E-state index is -0.176. The van der Waals surface area contributed by atoms with E-state index in [1.165, 1.54) is 6.07 Å². The Kier molecular flexibility index (Phi) is 8.74. The molecule has 1 fully saturated rings. The van der Waals surface area contributed by atoms with Crippen LogP contribution in [0.25, 0.3) is 0 Å². The Hall–Kier alpha value is -2.94. The minimum Gasteiger partial charge on any atom is -0.506 e. The van der Waals surface area contributed by atoms with E-state index < -0.39 is 0 Å². The number of methoxy groups -OCH3 is 1. The molecule has 2 N–H and O–H groups in total. The fraction of sp³-hybridized carbons (Fsp3) is 0.385. The molecule has 3 aromatic rings. The van der Waals surface area contributed by atoms with Gasteiger partial charge in [-0.1, -0.05) is 23.7 Å². The summed E-state index contributed by atoms with van der Waals surface area (Å²) in [4.78, 5) is 14.1. The molecule has 1 aromatic heterocycles. The number of nitrogens with one attached hydrogen (secondary N) is 1. The fourth-order valence-corrected chi connectivity index (χ4v) is 4.33. The van der Waals surface area contributed by atoms with E-state index in [-0.39, 0.29) is 11.6 Å². The number of aromatic nitrogens is 2. The molecule has 35 heavy (non-hydrogen) atoms. The summed E-state index contributed by atoms with van der Waals surface area (Å²) in [6, 6.07) is 13.6. The molecule has 1 saturated heterocycles. The Balaban J connectivity index is 1.38. The maximum Gasteiger partial charge on any atom is 0.139 e. The monoisotopic (exact) mass is 499 g/mol. The number of benzene rings is 2. The molecule has 0 atom stereocenters. The third kappa shape index (κ3) is 7.27. The SMILES string of the molecule is COCCc1nc(Nc2cc(Cl)ccc2O)cc(N2CCN(CCCc3cccc(F)c3)CC2)n1. The summed E-state index contributed by atoms with van der Waals surface area (Å²) in [6.07, 6.45) is 2.45. The van der Waals surface area contributed by atoms with Crippen LogP contribution in [0.5, 0.6) is 5.75 Å². The van der Waals surface area contributed by atoms with Crippen LogP contribution in [0.1, 0.15) is 17.8 Å². The maximum atomic E-state index is 13.4. The first-order chi connectivity index (χ1) is 17.0. The van der Waals surface area contributed by atoms with Gasteiger partial charge < -0.3 is 20.1 Å². The van der Waals surface area contributed by atoms with Gasteiger partial charge in [0.25, 0.3) is 0 Å². The highest BCUT2D eigenvalue weighted by molar-refractivity contribution is 6.31. The van der Waals surface area contributed by atoms with Crippen LogP contribution >= 0.6 is 11.6 Å². The molecule has 0 amide bonds. The summed E-state index contributed by atoms with van der Waals surface area (Å²) in [5.41, 5.74) is 1.53. The molecule has 186 valence electrons. The number of phenolic OH excluding ortho intramolecular Hbond substituents is 1. The van der Waals surface area contributed by atoms with E-state index in [4.69, 9.17) is 21.3 Å². The van der Waals surface area contributed by atoms with Crippen LogP contribution in [0.2, 0.25) is 5.02 Å². The molecule has 0 bridgehead atoms. The fourth-order valence-electron chi connectivity index (χ4n) is 4.16. The van der Waals surface area contributed by atoms with Crippen molar-refractivity contribution >= 4 is 28.9 Å². The molecule has 0 aliphatic carbocycles. The lowest BCUT2D eigenvalue weighted by molar-refractivity contribution is 0.200. The summed E-state index contributed by atoms with van der Waals surface area (Å²) in [5.74, 6) is 2.03. The quantitative estimate of drug-likeness (QED) is 0.393. The van der Waals surface area contributed by atoms with Crippen molar-refractivity contribution < 1.29 is 14.2 Å². The van der Waals surface area contributed by atoms with Crippen molar-refractivity contribution in [2.45, 2.75) is 19.3 Å². The molecule has 0 saturated carbocycles. The van der Waals surface area contributed by atoms with Gasteiger partial charge in [0.2, 0.25) is 0 Å². The molecular weight excluding hydrogens is 469 g/mol. The Morgan fingerprint density at radius 3 is 2.66 bits per heavy atom. The molecule has 0 unspecified atom stereocenters. The summed E-state index contributed by atoms with van der Waals surface area (Å²) in [5, 5.41) is 13.9. The van der Waals surface area contributed by atoms with Crippen molar-refractivity contribution in [2.75, 3.05) is 56.7 Å². The van der Waals surface area contributed by atoms with Crippen LogP contribution in [0.4, 0.5) is 21.7 Å². The van der Waals surface area contributed by atoms with Crippen molar-refractivity contribution in [1.82, 2.24) is 14.9 Å². The second kappa shape index (κ2) is 12.2. The van der Waals surface area contributed by atoms with E-state index in [2.05, 4.69) is 20.1 Å².